The van der Waals surface area contributed by atoms with E-state index in [1.54, 1.807) is 17.7 Å². The summed E-state index contributed by atoms with van der Waals surface area (Å²) < 4.78 is 41.6. The fourth-order valence-corrected chi connectivity index (χ4v) is 4.41. The van der Waals surface area contributed by atoms with Crippen molar-refractivity contribution in [2.45, 2.75) is 31.9 Å². The molecule has 1 aliphatic heterocycles. The molecular weight excluding hydrogens is 357 g/mol. The van der Waals surface area contributed by atoms with Crippen LogP contribution in [0.3, 0.4) is 0 Å². The van der Waals surface area contributed by atoms with Crippen LogP contribution >= 0.6 is 11.6 Å². The van der Waals surface area contributed by atoms with E-state index in [4.69, 9.17) is 11.6 Å². The average molecular weight is 374 g/mol. The van der Waals surface area contributed by atoms with Crippen molar-refractivity contribution in [1.82, 2.24) is 14.1 Å². The smallest absolute Gasteiger partial charge is 0.218 e. The van der Waals surface area contributed by atoms with E-state index in [2.05, 4.69) is 5.10 Å². The number of hydrogen-bond acceptors (Lipinski definition) is 4. The molecular formula is C15H17ClFN3O3S. The highest BCUT2D eigenvalue weighted by Crippen LogP contribution is 2.24. The van der Waals surface area contributed by atoms with Crippen molar-refractivity contribution in [3.05, 3.63) is 52.1 Å². The molecule has 1 unspecified atom stereocenters. The zero-order chi connectivity index (χ0) is 17.5. The van der Waals surface area contributed by atoms with E-state index in [1.165, 1.54) is 16.4 Å². The van der Waals surface area contributed by atoms with Gasteiger partial charge in [-0.25, -0.2) is 12.8 Å². The lowest BCUT2D eigenvalue weighted by atomic mass is 10.2. The predicted octanol–water partition coefficient (Wildman–Crippen LogP) is 2.07. The summed E-state index contributed by atoms with van der Waals surface area (Å²) >= 11 is 5.97. The van der Waals surface area contributed by atoms with Gasteiger partial charge in [0, 0.05) is 11.6 Å². The molecule has 0 bridgehead atoms. The minimum absolute atomic E-state index is 0.162. The largest absolute Gasteiger partial charge is 0.387 e. The third kappa shape index (κ3) is 3.46. The van der Waals surface area contributed by atoms with Crippen molar-refractivity contribution >= 4 is 21.6 Å². The molecule has 24 heavy (non-hydrogen) atoms. The first-order chi connectivity index (χ1) is 11.3. The van der Waals surface area contributed by atoms with Crippen molar-refractivity contribution < 1.29 is 17.9 Å². The lowest BCUT2D eigenvalue weighted by Crippen LogP contribution is -2.39. The molecule has 0 amide bonds. The van der Waals surface area contributed by atoms with Gasteiger partial charge in [0.05, 0.1) is 36.3 Å². The fourth-order valence-electron chi connectivity index (χ4n) is 2.65. The first kappa shape index (κ1) is 17.3. The van der Waals surface area contributed by atoms with Gasteiger partial charge in [0.25, 0.3) is 0 Å². The number of benzene rings is 1. The van der Waals surface area contributed by atoms with Gasteiger partial charge in [0.15, 0.2) is 0 Å². The first-order valence-corrected chi connectivity index (χ1v) is 9.41. The van der Waals surface area contributed by atoms with Gasteiger partial charge in [-0.05, 0) is 36.8 Å². The number of hydrogen-bond donors (Lipinski definition) is 1. The van der Waals surface area contributed by atoms with Gasteiger partial charge in [0.1, 0.15) is 5.82 Å². The van der Waals surface area contributed by atoms with Crippen LogP contribution in [0.2, 0.25) is 5.02 Å². The Kier molecular flexibility index (Phi) is 4.65. The van der Waals surface area contributed by atoms with E-state index in [0.717, 1.165) is 6.07 Å². The van der Waals surface area contributed by atoms with Crippen LogP contribution in [0.25, 0.3) is 0 Å². The molecule has 2 aromatic rings. The Bertz CT molecular complexity index is 867. The SMILES string of the molecule is CC(O)c1cc2n(n1)CCN(S(=O)(=O)Cc1cc(F)ccc1Cl)C2. The zero-order valence-corrected chi connectivity index (χ0v) is 14.6. The van der Waals surface area contributed by atoms with Crippen molar-refractivity contribution in [3.63, 3.8) is 0 Å². The number of rotatable bonds is 4. The Labute approximate surface area is 144 Å². The molecule has 1 aromatic carbocycles. The topological polar surface area (TPSA) is 75.4 Å². The van der Waals surface area contributed by atoms with Crippen LogP contribution in [0.1, 0.15) is 30.0 Å². The van der Waals surface area contributed by atoms with E-state index in [0.29, 0.717) is 17.9 Å². The molecule has 1 atom stereocenters. The second kappa shape index (κ2) is 6.44. The molecule has 0 spiro atoms. The second-order valence-electron chi connectivity index (χ2n) is 5.79. The highest BCUT2D eigenvalue weighted by molar-refractivity contribution is 7.88. The van der Waals surface area contributed by atoms with Crippen LogP contribution in [0, 0.1) is 5.82 Å². The van der Waals surface area contributed by atoms with E-state index in [1.807, 2.05) is 0 Å². The Morgan fingerprint density at radius 3 is 2.83 bits per heavy atom. The third-order valence-electron chi connectivity index (χ3n) is 3.95. The molecule has 1 N–H and O–H groups in total. The maximum atomic E-state index is 13.3. The number of fused-ring (bicyclic) bond motifs is 1. The molecule has 3 rings (SSSR count). The van der Waals surface area contributed by atoms with E-state index in [-0.39, 0.29) is 29.4 Å². The molecule has 0 saturated carbocycles. The van der Waals surface area contributed by atoms with Gasteiger partial charge in [0.2, 0.25) is 10.0 Å². The summed E-state index contributed by atoms with van der Waals surface area (Å²) in [5, 5.41) is 14.1. The second-order valence-corrected chi connectivity index (χ2v) is 8.16. The Balaban J connectivity index is 1.82. The molecule has 1 aromatic heterocycles. The summed E-state index contributed by atoms with van der Waals surface area (Å²) in [5.41, 5.74) is 1.46. The molecule has 6 nitrogen and oxygen atoms in total. The van der Waals surface area contributed by atoms with E-state index in [9.17, 15) is 17.9 Å². The van der Waals surface area contributed by atoms with Gasteiger partial charge in [-0.15, -0.1) is 0 Å². The molecule has 2 heterocycles. The van der Waals surface area contributed by atoms with Gasteiger partial charge >= 0.3 is 0 Å². The zero-order valence-electron chi connectivity index (χ0n) is 13.0. The molecule has 0 fully saturated rings. The van der Waals surface area contributed by atoms with E-state index < -0.39 is 21.9 Å². The van der Waals surface area contributed by atoms with Crippen LogP contribution in [0.4, 0.5) is 4.39 Å². The van der Waals surface area contributed by atoms with Crippen LogP contribution in [-0.2, 0) is 28.9 Å². The molecule has 0 saturated heterocycles. The van der Waals surface area contributed by atoms with E-state index >= 15 is 0 Å². The Morgan fingerprint density at radius 2 is 2.12 bits per heavy atom. The van der Waals surface area contributed by atoms with Gasteiger partial charge in [-0.1, -0.05) is 11.6 Å². The predicted molar refractivity (Wildman–Crippen MR) is 87.3 cm³/mol. The number of aromatic nitrogens is 2. The minimum atomic E-state index is -3.65. The van der Waals surface area contributed by atoms with Gasteiger partial charge in [-0.3, -0.25) is 4.68 Å². The van der Waals surface area contributed by atoms with Gasteiger partial charge < -0.3 is 5.11 Å². The lowest BCUT2D eigenvalue weighted by Gasteiger charge is -2.27. The number of sulfonamides is 1. The first-order valence-electron chi connectivity index (χ1n) is 7.43. The lowest BCUT2D eigenvalue weighted by molar-refractivity contribution is 0.192. The molecule has 9 heteroatoms. The maximum Gasteiger partial charge on any atom is 0.218 e. The quantitative estimate of drug-likeness (QED) is 0.890. The normalized spacial score (nSPS) is 16.8. The summed E-state index contributed by atoms with van der Waals surface area (Å²) in [6.07, 6.45) is -0.709. The summed E-state index contributed by atoms with van der Waals surface area (Å²) in [6.45, 7) is 2.44. The summed E-state index contributed by atoms with van der Waals surface area (Å²) in [6, 6.07) is 5.37. The van der Waals surface area contributed by atoms with Crippen molar-refractivity contribution in [3.8, 4) is 0 Å². The summed E-state index contributed by atoms with van der Waals surface area (Å²) in [4.78, 5) is 0. The van der Waals surface area contributed by atoms with Crippen molar-refractivity contribution in [2.75, 3.05) is 6.54 Å². The number of halogens is 2. The van der Waals surface area contributed by atoms with Crippen molar-refractivity contribution in [2.24, 2.45) is 0 Å². The number of nitrogens with zero attached hydrogens (tertiary/aromatic N) is 3. The Morgan fingerprint density at radius 1 is 1.38 bits per heavy atom. The molecule has 1 aliphatic rings. The van der Waals surface area contributed by atoms with Crippen LogP contribution in [-0.4, -0.2) is 34.2 Å². The Hall–Kier alpha value is -1.48. The van der Waals surface area contributed by atoms with Crippen LogP contribution in [0.5, 0.6) is 0 Å². The fraction of sp³-hybridized carbons (Fsp3) is 0.400. The van der Waals surface area contributed by atoms with Crippen LogP contribution in [0.15, 0.2) is 24.3 Å². The van der Waals surface area contributed by atoms with Crippen molar-refractivity contribution in [1.29, 1.82) is 0 Å². The minimum Gasteiger partial charge on any atom is -0.387 e. The maximum absolute atomic E-state index is 13.3. The third-order valence-corrected chi connectivity index (χ3v) is 6.09. The molecule has 130 valence electrons. The monoisotopic (exact) mass is 373 g/mol. The number of aliphatic hydroxyl groups is 1. The van der Waals surface area contributed by atoms with Crippen LogP contribution < -0.4 is 0 Å². The van der Waals surface area contributed by atoms with Gasteiger partial charge in [-0.2, -0.15) is 9.40 Å². The molecule has 0 radical (unpaired) electrons. The summed E-state index contributed by atoms with van der Waals surface area (Å²) in [7, 11) is -3.65. The highest BCUT2D eigenvalue weighted by atomic mass is 35.5. The highest BCUT2D eigenvalue weighted by Gasteiger charge is 2.29. The standard InChI is InChI=1S/C15H17ClFN3O3S/c1-10(21)15-7-13-8-19(4-5-20(13)18-15)24(22,23)9-11-6-12(17)2-3-14(11)16/h2-3,6-7,10,21H,4-5,8-9H2,1H3. The molecule has 0 aliphatic carbocycles. The number of aliphatic hydroxyl groups excluding tert-OH is 1. The average Bonchev–Trinajstić information content (AvgIpc) is 2.94. The summed E-state index contributed by atoms with van der Waals surface area (Å²) in [5.74, 6) is -0.885.